The molecule has 1 unspecified atom stereocenters. The van der Waals surface area contributed by atoms with Gasteiger partial charge in [0.05, 0.1) is 13.7 Å². The molecule has 0 spiro atoms. The van der Waals surface area contributed by atoms with E-state index in [2.05, 4.69) is 10.6 Å². The van der Waals surface area contributed by atoms with E-state index in [1.165, 1.54) is 13.2 Å². The monoisotopic (exact) mass is 358 g/mol. The summed E-state index contributed by atoms with van der Waals surface area (Å²) in [6.07, 6.45) is 0. The lowest BCUT2D eigenvalue weighted by Crippen LogP contribution is -2.46. The van der Waals surface area contributed by atoms with Crippen molar-refractivity contribution in [3.8, 4) is 17.2 Å². The van der Waals surface area contributed by atoms with Gasteiger partial charge in [-0.3, -0.25) is 9.59 Å². The molecule has 136 valence electrons. The van der Waals surface area contributed by atoms with Crippen LogP contribution in [0.25, 0.3) is 0 Å². The quantitative estimate of drug-likeness (QED) is 0.715. The molecular weight excluding hydrogens is 340 g/mol. The first-order valence-corrected chi connectivity index (χ1v) is 7.87. The van der Waals surface area contributed by atoms with Crippen molar-refractivity contribution in [1.29, 1.82) is 0 Å². The van der Waals surface area contributed by atoms with Gasteiger partial charge >= 0.3 is 0 Å². The predicted molar refractivity (Wildman–Crippen MR) is 92.5 cm³/mol. The van der Waals surface area contributed by atoms with Gasteiger partial charge in [-0.2, -0.15) is 0 Å². The molecule has 1 atom stereocenters. The van der Waals surface area contributed by atoms with Gasteiger partial charge in [-0.15, -0.1) is 0 Å². The molecule has 8 nitrogen and oxygen atoms in total. The van der Waals surface area contributed by atoms with Crippen molar-refractivity contribution in [2.24, 2.45) is 0 Å². The Labute approximate surface area is 149 Å². The average Bonchev–Trinajstić information content (AvgIpc) is 3.13. The van der Waals surface area contributed by atoms with Crippen LogP contribution in [0, 0.1) is 0 Å². The summed E-state index contributed by atoms with van der Waals surface area (Å²) >= 11 is 0. The zero-order valence-corrected chi connectivity index (χ0v) is 14.0. The van der Waals surface area contributed by atoms with Gasteiger partial charge in [0.15, 0.2) is 11.5 Å². The van der Waals surface area contributed by atoms with Crippen molar-refractivity contribution in [3.05, 3.63) is 48.0 Å². The standard InChI is InChI=1S/C18H18N2O6/c1-24-13-4-2-3-12(8-13)19-18(23)14(9-21)20-17(22)11-5-6-15-16(7-11)26-10-25-15/h2-8,14,21H,9-10H2,1H3,(H,19,23)(H,20,22). The molecule has 0 bridgehead atoms. The molecule has 0 radical (unpaired) electrons. The SMILES string of the molecule is COc1cccc(NC(=O)C(CO)NC(=O)c2ccc3c(c2)OCO3)c1. The molecule has 1 aliphatic rings. The van der Waals surface area contributed by atoms with E-state index in [4.69, 9.17) is 14.2 Å². The van der Waals surface area contributed by atoms with E-state index in [0.29, 0.717) is 28.5 Å². The molecule has 0 fully saturated rings. The molecule has 26 heavy (non-hydrogen) atoms. The minimum absolute atomic E-state index is 0.0998. The number of anilines is 1. The molecule has 0 aliphatic carbocycles. The average molecular weight is 358 g/mol. The summed E-state index contributed by atoms with van der Waals surface area (Å²) in [5.74, 6) is 0.529. The summed E-state index contributed by atoms with van der Waals surface area (Å²) in [6, 6.07) is 10.3. The van der Waals surface area contributed by atoms with Gasteiger partial charge in [0.2, 0.25) is 12.7 Å². The lowest BCUT2D eigenvalue weighted by molar-refractivity contribution is -0.118. The van der Waals surface area contributed by atoms with Crippen molar-refractivity contribution in [3.63, 3.8) is 0 Å². The second-order valence-corrected chi connectivity index (χ2v) is 5.50. The molecule has 1 aliphatic heterocycles. The van der Waals surface area contributed by atoms with Crippen LogP contribution < -0.4 is 24.8 Å². The minimum Gasteiger partial charge on any atom is -0.497 e. The molecule has 3 rings (SSSR count). The van der Waals surface area contributed by atoms with Crippen LogP contribution in [0.15, 0.2) is 42.5 Å². The zero-order chi connectivity index (χ0) is 18.5. The number of aliphatic hydroxyl groups excluding tert-OH is 1. The molecule has 2 aromatic rings. The first kappa shape index (κ1) is 17.6. The second-order valence-electron chi connectivity index (χ2n) is 5.50. The van der Waals surface area contributed by atoms with Crippen molar-refractivity contribution < 1.29 is 28.9 Å². The van der Waals surface area contributed by atoms with Crippen LogP contribution in [-0.2, 0) is 4.79 Å². The van der Waals surface area contributed by atoms with Gasteiger partial charge in [0, 0.05) is 17.3 Å². The molecule has 1 heterocycles. The fourth-order valence-corrected chi connectivity index (χ4v) is 2.40. The number of ether oxygens (including phenoxy) is 3. The fraction of sp³-hybridized carbons (Fsp3) is 0.222. The molecule has 0 saturated carbocycles. The normalized spacial score (nSPS) is 13.0. The summed E-state index contributed by atoms with van der Waals surface area (Å²) in [7, 11) is 1.52. The van der Waals surface area contributed by atoms with E-state index in [-0.39, 0.29) is 6.79 Å². The summed E-state index contributed by atoms with van der Waals surface area (Å²) in [6.45, 7) is -0.450. The number of fused-ring (bicyclic) bond motifs is 1. The number of hydrogen-bond acceptors (Lipinski definition) is 6. The molecule has 3 N–H and O–H groups in total. The number of carbonyl (C=O) groups excluding carboxylic acids is 2. The maximum atomic E-state index is 12.4. The molecule has 0 aromatic heterocycles. The highest BCUT2D eigenvalue weighted by atomic mass is 16.7. The van der Waals surface area contributed by atoms with Crippen molar-refractivity contribution in [2.75, 3.05) is 25.8 Å². The van der Waals surface area contributed by atoms with Gasteiger partial charge in [-0.25, -0.2) is 0 Å². The Kier molecular flexibility index (Phi) is 5.23. The van der Waals surface area contributed by atoms with Crippen LogP contribution in [0.5, 0.6) is 17.2 Å². The van der Waals surface area contributed by atoms with Crippen LogP contribution >= 0.6 is 0 Å². The fourth-order valence-electron chi connectivity index (χ4n) is 2.40. The molecule has 8 heteroatoms. The molecule has 2 aromatic carbocycles. The van der Waals surface area contributed by atoms with Gasteiger partial charge in [-0.1, -0.05) is 6.07 Å². The highest BCUT2D eigenvalue weighted by molar-refractivity contribution is 6.01. The van der Waals surface area contributed by atoms with Gasteiger partial charge in [-0.05, 0) is 30.3 Å². The Bertz CT molecular complexity index is 823. The van der Waals surface area contributed by atoms with Crippen molar-refractivity contribution in [1.82, 2.24) is 5.32 Å². The van der Waals surface area contributed by atoms with E-state index in [0.717, 1.165) is 0 Å². The Morgan fingerprint density at radius 3 is 2.77 bits per heavy atom. The number of aliphatic hydroxyl groups is 1. The number of benzene rings is 2. The Morgan fingerprint density at radius 2 is 2.00 bits per heavy atom. The van der Waals surface area contributed by atoms with Gasteiger partial charge in [0.25, 0.3) is 5.91 Å². The van der Waals surface area contributed by atoms with Crippen molar-refractivity contribution in [2.45, 2.75) is 6.04 Å². The molecular formula is C18H18N2O6. The topological polar surface area (TPSA) is 106 Å². The largest absolute Gasteiger partial charge is 0.497 e. The smallest absolute Gasteiger partial charge is 0.252 e. The van der Waals surface area contributed by atoms with E-state index in [1.807, 2.05) is 0 Å². The maximum absolute atomic E-state index is 12.4. The maximum Gasteiger partial charge on any atom is 0.252 e. The first-order valence-electron chi connectivity index (χ1n) is 7.87. The number of nitrogens with one attached hydrogen (secondary N) is 2. The van der Waals surface area contributed by atoms with E-state index in [9.17, 15) is 14.7 Å². The highest BCUT2D eigenvalue weighted by Gasteiger charge is 2.22. The lowest BCUT2D eigenvalue weighted by atomic mass is 10.1. The Hall–Kier alpha value is -3.26. The van der Waals surface area contributed by atoms with Gasteiger partial charge < -0.3 is 30.0 Å². The summed E-state index contributed by atoms with van der Waals surface area (Å²) < 4.78 is 15.5. The third-order valence-corrected chi connectivity index (χ3v) is 3.78. The Morgan fingerprint density at radius 1 is 1.19 bits per heavy atom. The van der Waals surface area contributed by atoms with Crippen LogP contribution in [0.3, 0.4) is 0 Å². The minimum atomic E-state index is -1.11. The van der Waals surface area contributed by atoms with E-state index in [1.54, 1.807) is 36.4 Å². The number of methoxy groups -OCH3 is 1. The lowest BCUT2D eigenvalue weighted by Gasteiger charge is -2.16. The van der Waals surface area contributed by atoms with E-state index >= 15 is 0 Å². The third-order valence-electron chi connectivity index (χ3n) is 3.78. The van der Waals surface area contributed by atoms with Crippen LogP contribution in [0.2, 0.25) is 0 Å². The van der Waals surface area contributed by atoms with Crippen LogP contribution in [0.4, 0.5) is 5.69 Å². The first-order chi connectivity index (χ1) is 12.6. The van der Waals surface area contributed by atoms with E-state index < -0.39 is 24.5 Å². The number of rotatable bonds is 6. The molecule has 0 saturated heterocycles. The Balaban J connectivity index is 1.66. The number of amides is 2. The summed E-state index contributed by atoms with van der Waals surface area (Å²) in [4.78, 5) is 24.7. The number of hydrogen-bond donors (Lipinski definition) is 3. The number of carbonyl (C=O) groups is 2. The third kappa shape index (κ3) is 3.86. The van der Waals surface area contributed by atoms with Gasteiger partial charge in [0.1, 0.15) is 11.8 Å². The zero-order valence-electron chi connectivity index (χ0n) is 14.0. The second kappa shape index (κ2) is 7.75. The summed E-state index contributed by atoms with van der Waals surface area (Å²) in [5.41, 5.74) is 0.784. The van der Waals surface area contributed by atoms with Crippen LogP contribution in [0.1, 0.15) is 10.4 Å². The van der Waals surface area contributed by atoms with Crippen LogP contribution in [-0.4, -0.2) is 43.5 Å². The van der Waals surface area contributed by atoms with Crippen molar-refractivity contribution >= 4 is 17.5 Å². The summed E-state index contributed by atoms with van der Waals surface area (Å²) in [5, 5.41) is 14.6. The molecule has 2 amide bonds. The highest BCUT2D eigenvalue weighted by Crippen LogP contribution is 2.32. The predicted octanol–water partition coefficient (Wildman–Crippen LogP) is 1.15.